The Bertz CT molecular complexity index is 1220. The van der Waals surface area contributed by atoms with Crippen molar-refractivity contribution in [2.45, 2.75) is 51.5 Å². The summed E-state index contributed by atoms with van der Waals surface area (Å²) in [5.74, 6) is 1.84. The second kappa shape index (κ2) is 11.6. The van der Waals surface area contributed by atoms with Gasteiger partial charge in [0.25, 0.3) is 0 Å². The molecular weight excluding hydrogens is 495 g/mol. The van der Waals surface area contributed by atoms with E-state index in [4.69, 9.17) is 4.74 Å². The van der Waals surface area contributed by atoms with Crippen molar-refractivity contribution in [1.82, 2.24) is 24.6 Å². The molecule has 2 aliphatic rings. The van der Waals surface area contributed by atoms with Gasteiger partial charge in [-0.2, -0.15) is 18.6 Å². The van der Waals surface area contributed by atoms with Crippen LogP contribution in [0.4, 0.5) is 10.2 Å². The number of likely N-dealkylation sites (tertiary alicyclic amines) is 1. The van der Waals surface area contributed by atoms with Crippen LogP contribution >= 0.6 is 13.5 Å². The van der Waals surface area contributed by atoms with Gasteiger partial charge in [0, 0.05) is 43.5 Å². The number of piperidine rings is 1. The predicted octanol–water partition coefficient (Wildman–Crippen LogP) is 2.25. The highest BCUT2D eigenvalue weighted by molar-refractivity contribution is 7.59. The molecule has 0 amide bonds. The van der Waals surface area contributed by atoms with Crippen LogP contribution in [0.1, 0.15) is 36.2 Å². The summed E-state index contributed by atoms with van der Waals surface area (Å²) in [6, 6.07) is 6.05. The molecule has 2 saturated heterocycles. The number of morpholine rings is 1. The van der Waals surface area contributed by atoms with Crippen LogP contribution in [0.3, 0.4) is 0 Å². The van der Waals surface area contributed by atoms with Gasteiger partial charge in [0.1, 0.15) is 17.8 Å². The van der Waals surface area contributed by atoms with E-state index in [0.717, 1.165) is 34.4 Å². The molecule has 11 heteroatoms. The van der Waals surface area contributed by atoms with Gasteiger partial charge < -0.3 is 19.8 Å². The number of anilines is 1. The number of rotatable bonds is 6. The zero-order valence-corrected chi connectivity index (χ0v) is 22.6. The zero-order valence-electron chi connectivity index (χ0n) is 21.6. The largest absolute Gasteiger partial charge is 0.394 e. The lowest BCUT2D eigenvalue weighted by Gasteiger charge is -2.36. The summed E-state index contributed by atoms with van der Waals surface area (Å²) in [6.45, 7) is 8.94. The van der Waals surface area contributed by atoms with Crippen molar-refractivity contribution in [3.05, 3.63) is 41.3 Å². The summed E-state index contributed by atoms with van der Waals surface area (Å²) in [6.07, 6.45) is 0.814. The van der Waals surface area contributed by atoms with E-state index < -0.39 is 12.3 Å². The quantitative estimate of drug-likeness (QED) is 0.499. The van der Waals surface area contributed by atoms with Crippen molar-refractivity contribution in [2.75, 3.05) is 50.8 Å². The van der Waals surface area contributed by atoms with E-state index in [1.54, 1.807) is 11.6 Å². The number of benzene rings is 1. The van der Waals surface area contributed by atoms with Gasteiger partial charge in [-0.3, -0.25) is 4.90 Å². The Morgan fingerprint density at radius 1 is 1.14 bits per heavy atom. The predicted molar refractivity (Wildman–Crippen MR) is 146 cm³/mol. The van der Waals surface area contributed by atoms with E-state index in [1.165, 1.54) is 0 Å². The van der Waals surface area contributed by atoms with Gasteiger partial charge in [0.15, 0.2) is 5.82 Å². The van der Waals surface area contributed by atoms with Crippen LogP contribution in [0, 0.1) is 13.8 Å². The molecule has 2 fully saturated rings. The second-order valence-corrected chi connectivity index (χ2v) is 10.1. The van der Waals surface area contributed by atoms with E-state index in [1.807, 2.05) is 31.0 Å². The molecule has 2 aliphatic heterocycles. The minimum atomic E-state index is -1.00. The second-order valence-electron chi connectivity index (χ2n) is 10.1. The molecule has 4 atom stereocenters. The Morgan fingerprint density at radius 2 is 1.92 bits per heavy atom. The lowest BCUT2D eigenvalue weighted by molar-refractivity contribution is 0.00335. The SMILES string of the molecule is Cc1nc(N2CCO[C@H](CO)C2)cc(-n2ncc3cc(C)c(C4CCN(CC(C)O)CC4F)cc32)n1.S. The van der Waals surface area contributed by atoms with Crippen LogP contribution in [0.25, 0.3) is 16.7 Å². The summed E-state index contributed by atoms with van der Waals surface area (Å²) in [7, 11) is 0. The highest BCUT2D eigenvalue weighted by atomic mass is 32.1. The number of aliphatic hydroxyl groups excluding tert-OH is 2. The molecule has 0 aliphatic carbocycles. The first-order valence-corrected chi connectivity index (χ1v) is 12.7. The molecule has 2 aromatic heterocycles. The van der Waals surface area contributed by atoms with Crippen LogP contribution < -0.4 is 4.90 Å². The Balaban J connectivity index is 0.00000320. The molecule has 4 heterocycles. The van der Waals surface area contributed by atoms with Crippen LogP contribution in [0.15, 0.2) is 24.4 Å². The number of hydrogen-bond donors (Lipinski definition) is 2. The number of ether oxygens (including phenoxy) is 1. The van der Waals surface area contributed by atoms with Crippen LogP contribution in [0.5, 0.6) is 0 Å². The highest BCUT2D eigenvalue weighted by Crippen LogP contribution is 2.35. The fourth-order valence-corrected chi connectivity index (χ4v) is 5.49. The van der Waals surface area contributed by atoms with Crippen molar-refractivity contribution in [3.63, 3.8) is 0 Å². The van der Waals surface area contributed by atoms with Crippen molar-refractivity contribution in [2.24, 2.45) is 0 Å². The van der Waals surface area contributed by atoms with Crippen LogP contribution in [0.2, 0.25) is 0 Å². The summed E-state index contributed by atoms with van der Waals surface area (Å²) in [4.78, 5) is 13.4. The summed E-state index contributed by atoms with van der Waals surface area (Å²) < 4.78 is 22.7. The molecule has 3 unspecified atom stereocenters. The smallest absolute Gasteiger partial charge is 0.159 e. The van der Waals surface area contributed by atoms with Gasteiger partial charge in [-0.25, -0.2) is 19.0 Å². The third kappa shape index (κ3) is 5.91. The van der Waals surface area contributed by atoms with Crippen LogP contribution in [-0.4, -0.2) is 99.2 Å². The Hall–Kier alpha value is -2.31. The molecule has 1 aromatic carbocycles. The average Bonchev–Trinajstić information content (AvgIpc) is 3.26. The summed E-state index contributed by atoms with van der Waals surface area (Å²) in [5.41, 5.74) is 2.94. The van der Waals surface area contributed by atoms with Gasteiger partial charge in [0.2, 0.25) is 0 Å². The van der Waals surface area contributed by atoms with E-state index in [2.05, 4.69) is 32.1 Å². The monoisotopic (exact) mass is 532 g/mol. The molecule has 3 aromatic rings. The number of aromatic nitrogens is 4. The van der Waals surface area contributed by atoms with Gasteiger partial charge in [0.05, 0.1) is 37.1 Å². The molecule has 0 bridgehead atoms. The summed E-state index contributed by atoms with van der Waals surface area (Å²) in [5, 5.41) is 24.8. The number of alkyl halides is 1. The third-order valence-corrected chi connectivity index (χ3v) is 7.20. The molecule has 0 saturated carbocycles. The topological polar surface area (TPSA) is 99.8 Å². The molecule has 5 rings (SSSR count). The van der Waals surface area contributed by atoms with Gasteiger partial charge in [-0.1, -0.05) is 0 Å². The maximum atomic E-state index is 15.3. The number of fused-ring (bicyclic) bond motifs is 1. The molecule has 202 valence electrons. The maximum absolute atomic E-state index is 15.3. The lowest BCUT2D eigenvalue weighted by atomic mass is 9.85. The first-order chi connectivity index (χ1) is 17.3. The Kier molecular flexibility index (Phi) is 8.70. The lowest BCUT2D eigenvalue weighted by Crippen LogP contribution is -2.44. The third-order valence-electron chi connectivity index (χ3n) is 7.20. The normalized spacial score (nSPS) is 23.7. The van der Waals surface area contributed by atoms with Crippen LogP contribution in [-0.2, 0) is 4.74 Å². The number of β-amino-alcohol motifs (C(OH)–C–C–N with tert-alkyl or cyclic N) is 1. The van der Waals surface area contributed by atoms with E-state index >= 15 is 4.39 Å². The summed E-state index contributed by atoms with van der Waals surface area (Å²) >= 11 is 0. The minimum absolute atomic E-state index is 0. The molecule has 37 heavy (non-hydrogen) atoms. The van der Waals surface area contributed by atoms with E-state index in [-0.39, 0.29) is 32.1 Å². The molecule has 2 N–H and O–H groups in total. The van der Waals surface area contributed by atoms with Crippen molar-refractivity contribution in [1.29, 1.82) is 0 Å². The standard InChI is InChI=1S/C26H35FN6O3.H2S/c1-16-8-19-11-28-33(24(19)9-22(16)21-4-5-31(12-17(2)35)14-23(21)27)26-10-25(29-18(3)30-26)32-6-7-36-20(13-32)15-34;/h8-11,17,20-21,23,34-35H,4-7,12-15H2,1-3H3;1H2/t17?,20-,21?,23?;/m0./s1. The molecule has 0 radical (unpaired) electrons. The molecule has 9 nitrogen and oxygen atoms in total. The fourth-order valence-electron chi connectivity index (χ4n) is 5.49. The van der Waals surface area contributed by atoms with Crippen molar-refractivity contribution < 1.29 is 19.3 Å². The Labute approximate surface area is 223 Å². The number of hydrogen-bond acceptors (Lipinski definition) is 8. The average molecular weight is 533 g/mol. The fraction of sp³-hybridized carbons (Fsp3) is 0.577. The zero-order chi connectivity index (χ0) is 25.4. The number of nitrogens with zero attached hydrogens (tertiary/aromatic N) is 6. The number of aryl methyl sites for hydroxylation is 2. The highest BCUT2D eigenvalue weighted by Gasteiger charge is 2.32. The van der Waals surface area contributed by atoms with Gasteiger partial charge in [-0.05, 0) is 57.0 Å². The minimum Gasteiger partial charge on any atom is -0.394 e. The van der Waals surface area contributed by atoms with Gasteiger partial charge in [-0.15, -0.1) is 0 Å². The van der Waals surface area contributed by atoms with E-state index in [0.29, 0.717) is 50.8 Å². The maximum Gasteiger partial charge on any atom is 0.159 e. The number of halogens is 1. The Morgan fingerprint density at radius 3 is 2.65 bits per heavy atom. The van der Waals surface area contributed by atoms with Crippen molar-refractivity contribution in [3.8, 4) is 5.82 Å². The molecule has 0 spiro atoms. The van der Waals surface area contributed by atoms with E-state index in [9.17, 15) is 10.2 Å². The number of aliphatic hydroxyl groups is 2. The van der Waals surface area contributed by atoms with Crippen molar-refractivity contribution >= 4 is 30.2 Å². The first kappa shape index (κ1) is 27.7. The first-order valence-electron chi connectivity index (χ1n) is 12.7. The molecular formula is C26H37FN6O3S. The van der Waals surface area contributed by atoms with Gasteiger partial charge >= 0.3 is 0 Å².